The number of nitrogens with zero attached hydrogens (tertiary/aromatic N) is 1. The second-order valence-electron chi connectivity index (χ2n) is 3.23. The molecule has 1 N–H and O–H groups in total. The van der Waals surface area contributed by atoms with Crippen molar-refractivity contribution in [3.8, 4) is 0 Å². The van der Waals surface area contributed by atoms with Gasteiger partial charge in [-0.05, 0) is 19.4 Å². The van der Waals surface area contributed by atoms with Gasteiger partial charge in [-0.3, -0.25) is 0 Å². The van der Waals surface area contributed by atoms with E-state index in [1.165, 1.54) is 12.8 Å². The Morgan fingerprint density at radius 1 is 1.69 bits per heavy atom. The molecular formula is C9H14N2OS. The van der Waals surface area contributed by atoms with E-state index in [-0.39, 0.29) is 0 Å². The lowest BCUT2D eigenvalue weighted by Crippen LogP contribution is -2.26. The van der Waals surface area contributed by atoms with Crippen LogP contribution in [0.15, 0.2) is 11.6 Å². The van der Waals surface area contributed by atoms with Crippen LogP contribution in [0.2, 0.25) is 0 Å². The number of thiazole rings is 1. The Morgan fingerprint density at radius 3 is 3.38 bits per heavy atom. The molecule has 1 atom stereocenters. The van der Waals surface area contributed by atoms with Crippen molar-refractivity contribution in [2.45, 2.75) is 25.5 Å². The summed E-state index contributed by atoms with van der Waals surface area (Å²) in [5.74, 6) is 0. The molecule has 1 fully saturated rings. The molecule has 1 aromatic rings. The van der Waals surface area contributed by atoms with Gasteiger partial charge in [-0.25, -0.2) is 4.98 Å². The van der Waals surface area contributed by atoms with Gasteiger partial charge in [0.25, 0.3) is 0 Å². The van der Waals surface area contributed by atoms with Crippen LogP contribution >= 0.6 is 11.3 Å². The molecule has 0 spiro atoms. The summed E-state index contributed by atoms with van der Waals surface area (Å²) < 4.78 is 5.55. The zero-order chi connectivity index (χ0) is 8.93. The smallest absolute Gasteiger partial charge is 0.118 e. The van der Waals surface area contributed by atoms with Crippen molar-refractivity contribution in [2.24, 2.45) is 0 Å². The fraction of sp³-hybridized carbons (Fsp3) is 0.667. The molecule has 3 nitrogen and oxygen atoms in total. The van der Waals surface area contributed by atoms with Crippen molar-refractivity contribution in [1.29, 1.82) is 0 Å². The van der Waals surface area contributed by atoms with Gasteiger partial charge in [0.1, 0.15) is 5.01 Å². The predicted octanol–water partition coefficient (Wildman–Crippen LogP) is 1.41. The Bertz CT molecular complexity index is 232. The third-order valence-electron chi connectivity index (χ3n) is 2.19. The lowest BCUT2D eigenvalue weighted by atomic mass is 10.2. The number of nitrogens with one attached hydrogen (secondary N) is 1. The van der Waals surface area contributed by atoms with E-state index in [0.29, 0.717) is 12.6 Å². The van der Waals surface area contributed by atoms with Gasteiger partial charge in [0.15, 0.2) is 0 Å². The van der Waals surface area contributed by atoms with E-state index in [2.05, 4.69) is 10.3 Å². The molecule has 0 bridgehead atoms. The molecule has 1 saturated heterocycles. The van der Waals surface area contributed by atoms with Gasteiger partial charge in [0.05, 0.1) is 13.2 Å². The Kier molecular flexibility index (Phi) is 3.29. The van der Waals surface area contributed by atoms with E-state index in [4.69, 9.17) is 4.74 Å². The maximum absolute atomic E-state index is 5.55. The van der Waals surface area contributed by atoms with Gasteiger partial charge in [0, 0.05) is 17.6 Å². The molecule has 1 aromatic heterocycles. The SMILES string of the molecule is c1csc(COC[C@H]2CCCN2)n1. The van der Waals surface area contributed by atoms with Crippen LogP contribution in [0.1, 0.15) is 17.8 Å². The predicted molar refractivity (Wildman–Crippen MR) is 52.8 cm³/mol. The van der Waals surface area contributed by atoms with Crippen molar-refractivity contribution < 1.29 is 4.74 Å². The quantitative estimate of drug-likeness (QED) is 0.794. The summed E-state index contributed by atoms with van der Waals surface area (Å²) in [6.07, 6.45) is 4.35. The molecule has 72 valence electrons. The highest BCUT2D eigenvalue weighted by atomic mass is 32.1. The third-order valence-corrected chi connectivity index (χ3v) is 2.94. The van der Waals surface area contributed by atoms with Gasteiger partial charge >= 0.3 is 0 Å². The van der Waals surface area contributed by atoms with E-state index in [1.54, 1.807) is 11.3 Å². The first-order valence-corrected chi connectivity index (χ1v) is 5.52. The first-order chi connectivity index (χ1) is 6.45. The minimum absolute atomic E-state index is 0.569. The largest absolute Gasteiger partial charge is 0.373 e. The number of hydrogen-bond acceptors (Lipinski definition) is 4. The summed E-state index contributed by atoms with van der Waals surface area (Å²) in [5, 5.41) is 6.44. The molecule has 0 radical (unpaired) electrons. The van der Waals surface area contributed by atoms with Crippen molar-refractivity contribution >= 4 is 11.3 Å². The van der Waals surface area contributed by atoms with Crippen LogP contribution in [0, 0.1) is 0 Å². The number of hydrogen-bond donors (Lipinski definition) is 1. The first-order valence-electron chi connectivity index (χ1n) is 4.64. The normalized spacial score (nSPS) is 22.3. The Balaban J connectivity index is 1.63. The van der Waals surface area contributed by atoms with Crippen LogP contribution in [0.4, 0.5) is 0 Å². The zero-order valence-corrected chi connectivity index (χ0v) is 8.35. The average Bonchev–Trinajstić information content (AvgIpc) is 2.75. The van der Waals surface area contributed by atoms with E-state index in [9.17, 15) is 0 Å². The molecule has 13 heavy (non-hydrogen) atoms. The molecule has 0 aromatic carbocycles. The number of rotatable bonds is 4. The van der Waals surface area contributed by atoms with E-state index in [1.807, 2.05) is 11.6 Å². The molecular weight excluding hydrogens is 184 g/mol. The van der Waals surface area contributed by atoms with Gasteiger partial charge in [0.2, 0.25) is 0 Å². The van der Waals surface area contributed by atoms with Crippen molar-refractivity contribution in [1.82, 2.24) is 10.3 Å². The molecule has 0 amide bonds. The molecule has 1 aliphatic rings. The number of ether oxygens (including phenoxy) is 1. The Labute approximate surface area is 82.1 Å². The summed E-state index contributed by atoms with van der Waals surface area (Å²) in [7, 11) is 0. The lowest BCUT2D eigenvalue weighted by Gasteiger charge is -2.09. The van der Waals surface area contributed by atoms with Crippen molar-refractivity contribution in [2.75, 3.05) is 13.2 Å². The van der Waals surface area contributed by atoms with Crippen LogP contribution in [0.3, 0.4) is 0 Å². The molecule has 2 rings (SSSR count). The molecule has 1 aliphatic heterocycles. The zero-order valence-electron chi connectivity index (χ0n) is 7.53. The molecule has 2 heterocycles. The summed E-state index contributed by atoms with van der Waals surface area (Å²) >= 11 is 1.65. The van der Waals surface area contributed by atoms with Crippen molar-refractivity contribution in [3.05, 3.63) is 16.6 Å². The van der Waals surface area contributed by atoms with Crippen LogP contribution in [0.25, 0.3) is 0 Å². The maximum atomic E-state index is 5.55. The van der Waals surface area contributed by atoms with Crippen LogP contribution in [-0.4, -0.2) is 24.2 Å². The van der Waals surface area contributed by atoms with Crippen molar-refractivity contribution in [3.63, 3.8) is 0 Å². The average molecular weight is 198 g/mol. The lowest BCUT2D eigenvalue weighted by molar-refractivity contribution is 0.103. The Morgan fingerprint density at radius 2 is 2.69 bits per heavy atom. The van der Waals surface area contributed by atoms with Crippen LogP contribution in [-0.2, 0) is 11.3 Å². The standard InChI is InChI=1S/C9H14N2OS/c1-2-8(10-3-1)6-12-7-9-11-4-5-13-9/h4-5,8,10H,1-3,6-7H2/t8-/m1/s1. The minimum atomic E-state index is 0.569. The Hall–Kier alpha value is -0.450. The van der Waals surface area contributed by atoms with E-state index in [0.717, 1.165) is 18.2 Å². The summed E-state index contributed by atoms with van der Waals surface area (Å²) in [6, 6.07) is 0.569. The van der Waals surface area contributed by atoms with Gasteiger partial charge in [-0.1, -0.05) is 0 Å². The van der Waals surface area contributed by atoms with Gasteiger partial charge in [-0.2, -0.15) is 0 Å². The van der Waals surface area contributed by atoms with E-state index < -0.39 is 0 Å². The maximum Gasteiger partial charge on any atom is 0.118 e. The summed E-state index contributed by atoms with van der Waals surface area (Å²) in [6.45, 7) is 2.63. The van der Waals surface area contributed by atoms with Crippen LogP contribution in [0.5, 0.6) is 0 Å². The highest BCUT2D eigenvalue weighted by Crippen LogP contribution is 2.08. The van der Waals surface area contributed by atoms with Crippen LogP contribution < -0.4 is 5.32 Å². The minimum Gasteiger partial charge on any atom is -0.373 e. The summed E-state index contributed by atoms with van der Waals surface area (Å²) in [4.78, 5) is 4.15. The topological polar surface area (TPSA) is 34.1 Å². The fourth-order valence-corrected chi connectivity index (χ4v) is 2.06. The first kappa shape index (κ1) is 9.12. The van der Waals surface area contributed by atoms with Gasteiger partial charge in [-0.15, -0.1) is 11.3 Å². The highest BCUT2D eigenvalue weighted by molar-refractivity contribution is 7.09. The highest BCUT2D eigenvalue weighted by Gasteiger charge is 2.13. The monoisotopic (exact) mass is 198 g/mol. The second-order valence-corrected chi connectivity index (χ2v) is 4.21. The molecule has 0 unspecified atom stereocenters. The molecule has 4 heteroatoms. The van der Waals surface area contributed by atoms with Gasteiger partial charge < -0.3 is 10.1 Å². The third kappa shape index (κ3) is 2.76. The number of aromatic nitrogens is 1. The fourth-order valence-electron chi connectivity index (χ4n) is 1.51. The summed E-state index contributed by atoms with van der Waals surface area (Å²) in [5.41, 5.74) is 0. The molecule has 0 aliphatic carbocycles. The van der Waals surface area contributed by atoms with E-state index >= 15 is 0 Å². The molecule has 0 saturated carbocycles. The second kappa shape index (κ2) is 4.69.